The Hall–Kier alpha value is -3.71. The highest BCUT2D eigenvalue weighted by molar-refractivity contribution is 6.28. The molecule has 1 aliphatic rings. The molecule has 0 aliphatic heterocycles. The van der Waals surface area contributed by atoms with Crippen LogP contribution in [0.5, 0.6) is 0 Å². The molecule has 1 aromatic heterocycles. The van der Waals surface area contributed by atoms with E-state index in [1.54, 1.807) is 0 Å². The molecule has 0 spiro atoms. The fraction of sp³-hybridized carbons (Fsp3) is 0.0690. The van der Waals surface area contributed by atoms with E-state index in [4.69, 9.17) is 4.98 Å². The molecule has 0 unspecified atom stereocenters. The maximum Gasteiger partial charge on any atom is 0.0796 e. The predicted octanol–water partition coefficient (Wildman–Crippen LogP) is 7.57. The molecule has 0 saturated carbocycles. The summed E-state index contributed by atoms with van der Waals surface area (Å²) in [4.78, 5) is 5.19. The van der Waals surface area contributed by atoms with Crippen molar-refractivity contribution in [3.8, 4) is 11.1 Å². The van der Waals surface area contributed by atoms with Gasteiger partial charge in [-0.15, -0.1) is 0 Å². The number of hydrogen-bond acceptors (Lipinski definition) is 1. The summed E-state index contributed by atoms with van der Waals surface area (Å²) in [6.07, 6.45) is 0.960. The van der Waals surface area contributed by atoms with Gasteiger partial charge in [-0.05, 0) is 56.1 Å². The van der Waals surface area contributed by atoms with E-state index in [1.165, 1.54) is 60.0 Å². The Morgan fingerprint density at radius 2 is 1.23 bits per heavy atom. The molecule has 30 heavy (non-hydrogen) atoms. The molecule has 0 atom stereocenters. The topological polar surface area (TPSA) is 12.9 Å². The van der Waals surface area contributed by atoms with Gasteiger partial charge in [-0.25, -0.2) is 0 Å². The molecule has 6 aromatic rings. The first-order valence-corrected chi connectivity index (χ1v) is 10.5. The molecule has 1 nitrogen and oxygen atoms in total. The van der Waals surface area contributed by atoms with Crippen LogP contribution >= 0.6 is 0 Å². The number of rotatable bonds is 0. The van der Waals surface area contributed by atoms with Gasteiger partial charge in [0.2, 0.25) is 0 Å². The van der Waals surface area contributed by atoms with Gasteiger partial charge in [0.05, 0.1) is 5.52 Å². The van der Waals surface area contributed by atoms with Crippen molar-refractivity contribution < 1.29 is 0 Å². The Morgan fingerprint density at radius 3 is 2.03 bits per heavy atom. The standard InChI is InChI=1S/C29H19N/c1-17-25-16-26-19-9-3-2-8-18(19)14-15-23(26)27(25)28-22-12-6-4-10-20(22)21-11-5-7-13-24(21)29(28)30-17/h2-15H,16H2,1H3. The van der Waals surface area contributed by atoms with Gasteiger partial charge in [-0.2, -0.15) is 0 Å². The van der Waals surface area contributed by atoms with Crippen LogP contribution in [0.4, 0.5) is 0 Å². The normalized spacial score (nSPS) is 12.7. The van der Waals surface area contributed by atoms with Gasteiger partial charge in [-0.3, -0.25) is 4.98 Å². The minimum atomic E-state index is 0.960. The summed E-state index contributed by atoms with van der Waals surface area (Å²) in [5, 5.41) is 9.12. The number of fused-ring (bicyclic) bond motifs is 12. The largest absolute Gasteiger partial charge is 0.252 e. The molecular formula is C29H19N. The fourth-order valence-corrected chi connectivity index (χ4v) is 5.51. The Labute approximate surface area is 174 Å². The second-order valence-corrected chi connectivity index (χ2v) is 8.36. The Kier molecular flexibility index (Phi) is 3.05. The summed E-state index contributed by atoms with van der Waals surface area (Å²) in [5.74, 6) is 0. The zero-order valence-electron chi connectivity index (χ0n) is 16.7. The van der Waals surface area contributed by atoms with E-state index in [0.717, 1.165) is 17.6 Å². The molecule has 0 N–H and O–H groups in total. The summed E-state index contributed by atoms with van der Waals surface area (Å²) < 4.78 is 0. The first-order valence-electron chi connectivity index (χ1n) is 10.5. The molecule has 7 rings (SSSR count). The highest BCUT2D eigenvalue weighted by atomic mass is 14.7. The molecule has 0 radical (unpaired) electrons. The highest BCUT2D eigenvalue weighted by Gasteiger charge is 2.27. The van der Waals surface area contributed by atoms with Gasteiger partial charge in [-0.1, -0.05) is 84.9 Å². The van der Waals surface area contributed by atoms with Gasteiger partial charge in [0.15, 0.2) is 0 Å². The van der Waals surface area contributed by atoms with E-state index in [9.17, 15) is 0 Å². The van der Waals surface area contributed by atoms with Crippen LogP contribution in [-0.4, -0.2) is 4.98 Å². The van der Waals surface area contributed by atoms with E-state index in [0.29, 0.717) is 0 Å². The fourth-order valence-electron chi connectivity index (χ4n) is 5.51. The monoisotopic (exact) mass is 381 g/mol. The van der Waals surface area contributed by atoms with Crippen molar-refractivity contribution >= 4 is 43.2 Å². The molecular weight excluding hydrogens is 362 g/mol. The minimum absolute atomic E-state index is 0.960. The first kappa shape index (κ1) is 16.1. The zero-order valence-corrected chi connectivity index (χ0v) is 16.7. The van der Waals surface area contributed by atoms with Gasteiger partial charge in [0.1, 0.15) is 0 Å². The third-order valence-corrected chi connectivity index (χ3v) is 6.84. The number of nitrogens with zero attached hydrogens (tertiary/aromatic N) is 1. The average Bonchev–Trinajstić information content (AvgIpc) is 3.20. The van der Waals surface area contributed by atoms with E-state index in [1.807, 2.05) is 0 Å². The van der Waals surface area contributed by atoms with E-state index in [-0.39, 0.29) is 0 Å². The van der Waals surface area contributed by atoms with E-state index < -0.39 is 0 Å². The number of aryl methyl sites for hydroxylation is 1. The molecule has 0 bridgehead atoms. The molecule has 0 fully saturated rings. The summed E-state index contributed by atoms with van der Waals surface area (Å²) in [6.45, 7) is 2.18. The molecule has 140 valence electrons. The van der Waals surface area contributed by atoms with Crippen molar-refractivity contribution in [1.82, 2.24) is 4.98 Å². The maximum absolute atomic E-state index is 5.19. The van der Waals surface area contributed by atoms with Crippen molar-refractivity contribution in [2.75, 3.05) is 0 Å². The molecule has 1 aliphatic carbocycles. The number of pyridine rings is 1. The maximum atomic E-state index is 5.19. The summed E-state index contributed by atoms with van der Waals surface area (Å²) in [5.41, 5.74) is 7.87. The lowest BCUT2D eigenvalue weighted by molar-refractivity contribution is 1.15. The second-order valence-electron chi connectivity index (χ2n) is 8.36. The van der Waals surface area contributed by atoms with Crippen LogP contribution in [0.25, 0.3) is 54.3 Å². The van der Waals surface area contributed by atoms with Crippen LogP contribution in [-0.2, 0) is 6.42 Å². The van der Waals surface area contributed by atoms with Crippen LogP contribution in [0.15, 0.2) is 84.9 Å². The van der Waals surface area contributed by atoms with Crippen molar-refractivity contribution in [3.05, 3.63) is 102 Å². The Balaban J connectivity index is 1.76. The lowest BCUT2D eigenvalue weighted by Crippen LogP contribution is -1.95. The highest BCUT2D eigenvalue weighted by Crippen LogP contribution is 2.48. The molecule has 1 heterocycles. The van der Waals surface area contributed by atoms with Crippen LogP contribution in [0, 0.1) is 6.92 Å². The lowest BCUT2D eigenvalue weighted by atomic mass is 9.91. The Morgan fingerprint density at radius 1 is 0.600 bits per heavy atom. The minimum Gasteiger partial charge on any atom is -0.252 e. The molecule has 0 amide bonds. The summed E-state index contributed by atoms with van der Waals surface area (Å²) >= 11 is 0. The van der Waals surface area contributed by atoms with Crippen LogP contribution in [0.3, 0.4) is 0 Å². The lowest BCUT2D eigenvalue weighted by Gasteiger charge is -2.15. The van der Waals surface area contributed by atoms with Crippen LogP contribution in [0.1, 0.15) is 16.8 Å². The third kappa shape index (κ3) is 1.95. The van der Waals surface area contributed by atoms with Crippen LogP contribution in [0.2, 0.25) is 0 Å². The SMILES string of the molecule is Cc1nc2c3ccccc3c3ccccc3c2c2c1Cc1c-2ccc2ccccc12. The number of hydrogen-bond donors (Lipinski definition) is 0. The number of aromatic nitrogens is 1. The second kappa shape index (κ2) is 5.67. The Bertz CT molecular complexity index is 1670. The van der Waals surface area contributed by atoms with Gasteiger partial charge in [0, 0.05) is 22.9 Å². The molecule has 5 aromatic carbocycles. The van der Waals surface area contributed by atoms with Crippen LogP contribution < -0.4 is 0 Å². The van der Waals surface area contributed by atoms with Crippen molar-refractivity contribution in [2.24, 2.45) is 0 Å². The first-order chi connectivity index (χ1) is 14.8. The summed E-state index contributed by atoms with van der Waals surface area (Å²) in [7, 11) is 0. The molecule has 0 saturated heterocycles. The van der Waals surface area contributed by atoms with Gasteiger partial charge < -0.3 is 0 Å². The average molecular weight is 381 g/mol. The van der Waals surface area contributed by atoms with Crippen molar-refractivity contribution in [1.29, 1.82) is 0 Å². The number of benzene rings is 5. The predicted molar refractivity (Wildman–Crippen MR) is 127 cm³/mol. The zero-order chi connectivity index (χ0) is 19.8. The van der Waals surface area contributed by atoms with Crippen molar-refractivity contribution in [2.45, 2.75) is 13.3 Å². The van der Waals surface area contributed by atoms with Gasteiger partial charge >= 0.3 is 0 Å². The molecule has 1 heteroatoms. The van der Waals surface area contributed by atoms with Crippen molar-refractivity contribution in [3.63, 3.8) is 0 Å². The smallest absolute Gasteiger partial charge is 0.0796 e. The van der Waals surface area contributed by atoms with E-state index >= 15 is 0 Å². The van der Waals surface area contributed by atoms with Gasteiger partial charge in [0.25, 0.3) is 0 Å². The quantitative estimate of drug-likeness (QED) is 0.247. The summed E-state index contributed by atoms with van der Waals surface area (Å²) in [6, 6.07) is 30.9. The van der Waals surface area contributed by atoms with E-state index in [2.05, 4.69) is 91.9 Å². The third-order valence-electron chi connectivity index (χ3n) is 6.84.